The van der Waals surface area contributed by atoms with E-state index in [0.717, 1.165) is 12.0 Å². The van der Waals surface area contributed by atoms with Crippen LogP contribution in [0.3, 0.4) is 0 Å². The van der Waals surface area contributed by atoms with Gasteiger partial charge < -0.3 is 10.6 Å². The lowest BCUT2D eigenvalue weighted by molar-refractivity contribution is 0.0620. The average Bonchev–Trinajstić information content (AvgIpc) is 2.37. The van der Waals surface area contributed by atoms with Gasteiger partial charge in [-0.15, -0.1) is 0 Å². The molecule has 2 N–H and O–H groups in total. The molecule has 0 aromatic heterocycles. The largest absolute Gasteiger partial charge is 0.337 e. The zero-order valence-electron chi connectivity index (χ0n) is 11.2. The molecule has 0 bridgehead atoms. The quantitative estimate of drug-likeness (QED) is 0.869. The topological polar surface area (TPSA) is 46.3 Å². The van der Waals surface area contributed by atoms with Crippen LogP contribution in [0.5, 0.6) is 0 Å². The van der Waals surface area contributed by atoms with Crippen molar-refractivity contribution in [2.24, 2.45) is 5.73 Å². The highest BCUT2D eigenvalue weighted by Gasteiger charge is 2.26. The molecule has 0 saturated carbocycles. The molecule has 1 aromatic carbocycles. The highest BCUT2D eigenvalue weighted by atomic mass is 16.2. The molecule has 1 rings (SSSR count). The number of nitrogens with zero attached hydrogens (tertiary/aromatic N) is 1. The highest BCUT2D eigenvalue weighted by molar-refractivity contribution is 5.94. The van der Waals surface area contributed by atoms with Crippen LogP contribution in [0.2, 0.25) is 0 Å². The lowest BCUT2D eigenvalue weighted by Crippen LogP contribution is -2.44. The number of rotatable bonds is 4. The number of benzene rings is 1. The molecule has 94 valence electrons. The maximum absolute atomic E-state index is 12.2. The molecular weight excluding hydrogens is 212 g/mol. The van der Waals surface area contributed by atoms with Gasteiger partial charge in [0.05, 0.1) is 0 Å². The smallest absolute Gasteiger partial charge is 0.254 e. The van der Waals surface area contributed by atoms with Gasteiger partial charge in [0.1, 0.15) is 0 Å². The number of amides is 1. The monoisotopic (exact) mass is 234 g/mol. The van der Waals surface area contributed by atoms with Crippen molar-refractivity contribution in [3.63, 3.8) is 0 Å². The fourth-order valence-electron chi connectivity index (χ4n) is 1.49. The fraction of sp³-hybridized carbons (Fsp3) is 0.500. The van der Waals surface area contributed by atoms with Gasteiger partial charge in [-0.25, -0.2) is 0 Å². The van der Waals surface area contributed by atoms with Gasteiger partial charge in [-0.05, 0) is 38.0 Å². The molecule has 0 saturated heterocycles. The lowest BCUT2D eigenvalue weighted by Gasteiger charge is -2.35. The van der Waals surface area contributed by atoms with E-state index >= 15 is 0 Å². The third-order valence-electron chi connectivity index (χ3n) is 3.51. The molecule has 0 heterocycles. The first-order chi connectivity index (χ1) is 7.92. The summed E-state index contributed by atoms with van der Waals surface area (Å²) in [4.78, 5) is 14.0. The molecule has 0 spiro atoms. The Morgan fingerprint density at radius 1 is 1.29 bits per heavy atom. The Kier molecular flexibility index (Phi) is 4.29. The Morgan fingerprint density at radius 3 is 2.24 bits per heavy atom. The molecule has 3 nitrogen and oxygen atoms in total. The first kappa shape index (κ1) is 13.7. The second kappa shape index (κ2) is 5.32. The summed E-state index contributed by atoms with van der Waals surface area (Å²) in [6, 6.07) is 7.49. The first-order valence-corrected chi connectivity index (χ1v) is 5.99. The second-order valence-corrected chi connectivity index (χ2v) is 4.93. The minimum Gasteiger partial charge on any atom is -0.337 e. The van der Waals surface area contributed by atoms with Gasteiger partial charge in [0.15, 0.2) is 0 Å². The fourth-order valence-corrected chi connectivity index (χ4v) is 1.49. The maximum Gasteiger partial charge on any atom is 0.254 e. The van der Waals surface area contributed by atoms with Gasteiger partial charge in [-0.2, -0.15) is 0 Å². The van der Waals surface area contributed by atoms with Crippen LogP contribution < -0.4 is 5.73 Å². The molecule has 1 amide bonds. The van der Waals surface area contributed by atoms with Crippen molar-refractivity contribution < 1.29 is 4.79 Å². The van der Waals surface area contributed by atoms with Crippen LogP contribution in [0.1, 0.15) is 43.1 Å². The summed E-state index contributed by atoms with van der Waals surface area (Å²) >= 11 is 0. The third-order valence-corrected chi connectivity index (χ3v) is 3.51. The maximum atomic E-state index is 12.2. The molecule has 0 aliphatic rings. The van der Waals surface area contributed by atoms with Crippen molar-refractivity contribution in [3.05, 3.63) is 35.4 Å². The highest BCUT2D eigenvalue weighted by Crippen LogP contribution is 2.19. The third kappa shape index (κ3) is 3.07. The Labute approximate surface area is 104 Å². The van der Waals surface area contributed by atoms with Crippen molar-refractivity contribution in [2.75, 3.05) is 7.05 Å². The van der Waals surface area contributed by atoms with Crippen LogP contribution in [-0.2, 0) is 6.54 Å². The number of carbonyl (C=O) groups excluding carboxylic acids is 1. The Hall–Kier alpha value is -1.35. The van der Waals surface area contributed by atoms with E-state index in [-0.39, 0.29) is 11.4 Å². The number of hydrogen-bond acceptors (Lipinski definition) is 2. The molecule has 0 aliphatic heterocycles. The first-order valence-electron chi connectivity index (χ1n) is 5.99. The van der Waals surface area contributed by atoms with Crippen molar-refractivity contribution in [1.82, 2.24) is 4.90 Å². The van der Waals surface area contributed by atoms with E-state index in [1.165, 1.54) is 0 Å². The van der Waals surface area contributed by atoms with Crippen LogP contribution in [0, 0.1) is 0 Å². The van der Waals surface area contributed by atoms with Gasteiger partial charge in [0.2, 0.25) is 0 Å². The van der Waals surface area contributed by atoms with E-state index in [1.807, 2.05) is 31.3 Å². The van der Waals surface area contributed by atoms with Crippen molar-refractivity contribution in [3.8, 4) is 0 Å². The van der Waals surface area contributed by atoms with E-state index in [0.29, 0.717) is 12.1 Å². The van der Waals surface area contributed by atoms with Gasteiger partial charge in [-0.3, -0.25) is 4.79 Å². The van der Waals surface area contributed by atoms with Crippen LogP contribution in [0.25, 0.3) is 0 Å². The summed E-state index contributed by atoms with van der Waals surface area (Å²) in [6.45, 7) is 6.73. The molecule has 1 aromatic rings. The van der Waals surface area contributed by atoms with Crippen molar-refractivity contribution >= 4 is 5.91 Å². The minimum atomic E-state index is -0.121. The second-order valence-electron chi connectivity index (χ2n) is 4.93. The van der Waals surface area contributed by atoms with Gasteiger partial charge >= 0.3 is 0 Å². The molecule has 0 unspecified atom stereocenters. The molecule has 0 fully saturated rings. The molecule has 17 heavy (non-hydrogen) atoms. The normalized spacial score (nSPS) is 11.4. The number of hydrogen-bond donors (Lipinski definition) is 1. The molecule has 0 atom stereocenters. The SMILES string of the molecule is CCC(C)(C)N(C)C(=O)c1ccc(CN)cc1. The summed E-state index contributed by atoms with van der Waals surface area (Å²) in [5.74, 6) is 0.0559. The minimum absolute atomic E-state index is 0.0559. The van der Waals surface area contributed by atoms with E-state index in [1.54, 1.807) is 4.90 Å². The van der Waals surface area contributed by atoms with E-state index in [2.05, 4.69) is 20.8 Å². The molecular formula is C14H22N2O. The van der Waals surface area contributed by atoms with Crippen molar-refractivity contribution in [1.29, 1.82) is 0 Å². The average molecular weight is 234 g/mol. The van der Waals surface area contributed by atoms with Crippen LogP contribution in [0.15, 0.2) is 24.3 Å². The Morgan fingerprint density at radius 2 is 1.82 bits per heavy atom. The van der Waals surface area contributed by atoms with E-state index < -0.39 is 0 Å². The predicted octanol–water partition coefficient (Wildman–Crippen LogP) is 2.41. The zero-order chi connectivity index (χ0) is 13.1. The summed E-state index contributed by atoms with van der Waals surface area (Å²) in [5, 5.41) is 0. The lowest BCUT2D eigenvalue weighted by atomic mass is 9.98. The van der Waals surface area contributed by atoms with Crippen LogP contribution >= 0.6 is 0 Å². The van der Waals surface area contributed by atoms with E-state index in [9.17, 15) is 4.79 Å². The van der Waals surface area contributed by atoms with Crippen molar-refractivity contribution in [2.45, 2.75) is 39.3 Å². The Bertz CT molecular complexity index is 382. The number of nitrogens with two attached hydrogens (primary N) is 1. The predicted molar refractivity (Wildman–Crippen MR) is 70.8 cm³/mol. The molecule has 0 aliphatic carbocycles. The molecule has 3 heteroatoms. The Balaban J connectivity index is 2.89. The van der Waals surface area contributed by atoms with Crippen LogP contribution in [0.4, 0.5) is 0 Å². The van der Waals surface area contributed by atoms with Crippen LogP contribution in [-0.4, -0.2) is 23.4 Å². The standard InChI is InChI=1S/C14H22N2O/c1-5-14(2,3)16(4)13(17)12-8-6-11(10-15)7-9-12/h6-9H,5,10,15H2,1-4H3. The van der Waals surface area contributed by atoms with Gasteiger partial charge in [-0.1, -0.05) is 19.1 Å². The summed E-state index contributed by atoms with van der Waals surface area (Å²) in [7, 11) is 1.85. The number of carbonyl (C=O) groups is 1. The summed E-state index contributed by atoms with van der Waals surface area (Å²) in [6.07, 6.45) is 0.927. The zero-order valence-corrected chi connectivity index (χ0v) is 11.2. The van der Waals surface area contributed by atoms with E-state index in [4.69, 9.17) is 5.73 Å². The summed E-state index contributed by atoms with van der Waals surface area (Å²) in [5.41, 5.74) is 7.16. The molecule has 0 radical (unpaired) electrons. The van der Waals surface area contributed by atoms with Gasteiger partial charge in [0.25, 0.3) is 5.91 Å². The van der Waals surface area contributed by atoms with Gasteiger partial charge in [0, 0.05) is 24.7 Å². The summed E-state index contributed by atoms with van der Waals surface area (Å²) < 4.78 is 0.